The molecule has 1 aliphatic carbocycles. The molecule has 0 unspecified atom stereocenters. The van der Waals surface area contributed by atoms with Crippen molar-refractivity contribution in [2.75, 3.05) is 26.7 Å². The zero-order chi connectivity index (χ0) is 20.3. The number of hydrogen-bond donors (Lipinski definition) is 1. The number of amides is 2. The molecule has 2 heterocycles. The summed E-state index contributed by atoms with van der Waals surface area (Å²) in [7, 11) is 1.38. The van der Waals surface area contributed by atoms with Crippen LogP contribution in [0.2, 0.25) is 0 Å². The van der Waals surface area contributed by atoms with E-state index in [0.717, 1.165) is 37.5 Å². The van der Waals surface area contributed by atoms with Crippen LogP contribution in [-0.2, 0) is 4.79 Å². The van der Waals surface area contributed by atoms with Gasteiger partial charge in [0, 0.05) is 31.3 Å². The molecule has 0 atom stereocenters. The van der Waals surface area contributed by atoms with E-state index in [2.05, 4.69) is 12.2 Å². The minimum atomic E-state index is -0.377. The highest BCUT2D eigenvalue weighted by molar-refractivity contribution is 5.93. The van der Waals surface area contributed by atoms with Crippen LogP contribution >= 0.6 is 0 Å². The summed E-state index contributed by atoms with van der Waals surface area (Å²) < 4.78 is 10.1. The van der Waals surface area contributed by atoms with Gasteiger partial charge in [0.15, 0.2) is 5.76 Å². The Balaban J connectivity index is 1.54. The van der Waals surface area contributed by atoms with Crippen molar-refractivity contribution in [1.82, 2.24) is 10.2 Å². The van der Waals surface area contributed by atoms with Gasteiger partial charge in [-0.2, -0.15) is 0 Å². The molecule has 2 fully saturated rings. The summed E-state index contributed by atoms with van der Waals surface area (Å²) in [6.45, 7) is 5.74. The van der Waals surface area contributed by atoms with Crippen LogP contribution in [0.4, 0.5) is 0 Å². The van der Waals surface area contributed by atoms with Gasteiger partial charge in [-0.3, -0.25) is 14.4 Å². The number of hydrogen-bond acceptors (Lipinski definition) is 5. The molecule has 0 radical (unpaired) electrons. The van der Waals surface area contributed by atoms with E-state index in [1.807, 2.05) is 6.92 Å². The van der Waals surface area contributed by atoms with E-state index in [1.165, 1.54) is 25.2 Å². The molecule has 2 amide bonds. The lowest BCUT2D eigenvalue weighted by Gasteiger charge is -2.39. The average Bonchev–Trinajstić information content (AvgIpc) is 2.64. The Morgan fingerprint density at radius 1 is 1.29 bits per heavy atom. The standard InChI is InChI=1S/C21H28N2O5/c1-14(15-5-4-6-15)19(25)22-13-21(2)7-9-23(10-8-21)20(26)17-11-16(24)18(27-3)12-28-17/h11-12H,4-10,13H2,1-3H3,(H,22,25). The predicted octanol–water partition coefficient (Wildman–Crippen LogP) is 2.51. The van der Waals surface area contributed by atoms with Crippen molar-refractivity contribution in [1.29, 1.82) is 0 Å². The molecule has 1 aromatic rings. The Morgan fingerprint density at radius 3 is 2.50 bits per heavy atom. The Bertz CT molecular complexity index is 841. The molecule has 1 aliphatic heterocycles. The lowest BCUT2D eigenvalue weighted by Crippen LogP contribution is -2.46. The highest BCUT2D eigenvalue weighted by Crippen LogP contribution is 2.32. The maximum absolute atomic E-state index is 12.6. The molecular weight excluding hydrogens is 360 g/mol. The van der Waals surface area contributed by atoms with Crippen molar-refractivity contribution in [2.45, 2.75) is 46.0 Å². The second kappa shape index (κ2) is 8.20. The predicted molar refractivity (Wildman–Crippen MR) is 104 cm³/mol. The smallest absolute Gasteiger partial charge is 0.289 e. The Morgan fingerprint density at radius 2 is 1.96 bits per heavy atom. The number of rotatable bonds is 5. The molecule has 1 N–H and O–H groups in total. The van der Waals surface area contributed by atoms with Crippen LogP contribution in [0, 0.1) is 5.41 Å². The fourth-order valence-electron chi connectivity index (χ4n) is 3.56. The number of nitrogens with one attached hydrogen (secondary N) is 1. The number of ether oxygens (including phenoxy) is 1. The molecule has 0 aromatic carbocycles. The highest BCUT2D eigenvalue weighted by atomic mass is 16.5. The number of carbonyl (C=O) groups is 2. The largest absolute Gasteiger partial charge is 0.490 e. The zero-order valence-electron chi connectivity index (χ0n) is 16.8. The van der Waals surface area contributed by atoms with Gasteiger partial charge in [-0.05, 0) is 44.4 Å². The summed E-state index contributed by atoms with van der Waals surface area (Å²) in [6.07, 6.45) is 5.96. The lowest BCUT2D eigenvalue weighted by atomic mass is 9.80. The van der Waals surface area contributed by atoms with E-state index in [9.17, 15) is 14.4 Å². The zero-order valence-corrected chi connectivity index (χ0v) is 16.8. The van der Waals surface area contributed by atoms with Gasteiger partial charge in [-0.15, -0.1) is 0 Å². The van der Waals surface area contributed by atoms with E-state index >= 15 is 0 Å². The quantitative estimate of drug-likeness (QED) is 0.783. The summed E-state index contributed by atoms with van der Waals surface area (Å²) in [5.41, 5.74) is 1.69. The number of methoxy groups -OCH3 is 1. The number of piperidine rings is 1. The van der Waals surface area contributed by atoms with Crippen LogP contribution in [0.1, 0.15) is 56.5 Å². The molecule has 152 valence electrons. The fraction of sp³-hybridized carbons (Fsp3) is 0.571. The number of carbonyl (C=O) groups excluding carboxylic acids is 2. The molecular formula is C21H28N2O5. The fourth-order valence-corrected chi connectivity index (χ4v) is 3.56. The number of likely N-dealkylation sites (tertiary alicyclic amines) is 1. The van der Waals surface area contributed by atoms with Gasteiger partial charge in [0.1, 0.15) is 6.26 Å². The van der Waals surface area contributed by atoms with Crippen LogP contribution in [0.15, 0.2) is 32.7 Å². The summed E-state index contributed by atoms with van der Waals surface area (Å²) in [4.78, 5) is 38.5. The van der Waals surface area contributed by atoms with Gasteiger partial charge in [0.2, 0.25) is 17.1 Å². The van der Waals surface area contributed by atoms with Crippen LogP contribution in [0.5, 0.6) is 5.75 Å². The summed E-state index contributed by atoms with van der Waals surface area (Å²) in [5, 5.41) is 3.06. The number of allylic oxidation sites excluding steroid dienone is 1. The first-order chi connectivity index (χ1) is 13.3. The summed E-state index contributed by atoms with van der Waals surface area (Å²) in [5.74, 6) is -0.179. The molecule has 7 nitrogen and oxygen atoms in total. The van der Waals surface area contributed by atoms with Gasteiger partial charge in [-0.25, -0.2) is 0 Å². The first-order valence-electron chi connectivity index (χ1n) is 9.76. The van der Waals surface area contributed by atoms with Gasteiger partial charge >= 0.3 is 0 Å². The molecule has 3 rings (SSSR count). The van der Waals surface area contributed by atoms with Crippen molar-refractivity contribution in [2.24, 2.45) is 5.41 Å². The molecule has 1 saturated carbocycles. The van der Waals surface area contributed by atoms with E-state index in [1.54, 1.807) is 4.90 Å². The molecule has 1 saturated heterocycles. The van der Waals surface area contributed by atoms with Crippen LogP contribution < -0.4 is 15.5 Å². The third-order valence-corrected chi connectivity index (χ3v) is 5.99. The first kappa shape index (κ1) is 20.2. The van der Waals surface area contributed by atoms with E-state index in [0.29, 0.717) is 19.6 Å². The first-order valence-corrected chi connectivity index (χ1v) is 9.76. The maximum atomic E-state index is 12.6. The molecule has 1 aromatic heterocycles. The second-order valence-electron chi connectivity index (χ2n) is 8.04. The minimum absolute atomic E-state index is 0.0189. The minimum Gasteiger partial charge on any atom is -0.490 e. The van der Waals surface area contributed by atoms with Gasteiger partial charge < -0.3 is 19.4 Å². The van der Waals surface area contributed by atoms with Crippen molar-refractivity contribution in [3.8, 4) is 5.75 Å². The third kappa shape index (κ3) is 4.29. The third-order valence-electron chi connectivity index (χ3n) is 5.99. The second-order valence-corrected chi connectivity index (χ2v) is 8.04. The van der Waals surface area contributed by atoms with E-state index in [-0.39, 0.29) is 34.2 Å². The Kier molecular flexibility index (Phi) is 5.91. The molecule has 7 heteroatoms. The van der Waals surface area contributed by atoms with Gasteiger partial charge in [0.25, 0.3) is 5.91 Å². The van der Waals surface area contributed by atoms with Gasteiger partial charge in [-0.1, -0.05) is 12.5 Å². The lowest BCUT2D eigenvalue weighted by molar-refractivity contribution is -0.118. The normalized spacial score (nSPS) is 18.2. The monoisotopic (exact) mass is 388 g/mol. The van der Waals surface area contributed by atoms with E-state index in [4.69, 9.17) is 9.15 Å². The molecule has 2 aliphatic rings. The van der Waals surface area contributed by atoms with Crippen molar-refractivity contribution in [3.05, 3.63) is 39.5 Å². The SMILES string of the molecule is COc1coc(C(=O)N2CCC(C)(CNC(=O)C(C)=C3CCC3)CC2)cc1=O. The Hall–Kier alpha value is -2.57. The van der Waals surface area contributed by atoms with Crippen molar-refractivity contribution >= 4 is 11.8 Å². The van der Waals surface area contributed by atoms with Crippen LogP contribution in [0.3, 0.4) is 0 Å². The Labute approximate surface area is 164 Å². The summed E-state index contributed by atoms with van der Waals surface area (Å²) >= 11 is 0. The molecule has 0 spiro atoms. The average molecular weight is 388 g/mol. The molecule has 28 heavy (non-hydrogen) atoms. The van der Waals surface area contributed by atoms with Crippen LogP contribution in [0.25, 0.3) is 0 Å². The van der Waals surface area contributed by atoms with Crippen molar-refractivity contribution < 1.29 is 18.7 Å². The molecule has 0 bridgehead atoms. The van der Waals surface area contributed by atoms with Crippen LogP contribution in [-0.4, -0.2) is 43.5 Å². The van der Waals surface area contributed by atoms with Crippen molar-refractivity contribution in [3.63, 3.8) is 0 Å². The maximum Gasteiger partial charge on any atom is 0.289 e. The van der Waals surface area contributed by atoms with E-state index < -0.39 is 0 Å². The van der Waals surface area contributed by atoms with Gasteiger partial charge in [0.05, 0.1) is 7.11 Å². The topological polar surface area (TPSA) is 88.8 Å². The summed E-state index contributed by atoms with van der Waals surface area (Å²) in [6, 6.07) is 1.17. The highest BCUT2D eigenvalue weighted by Gasteiger charge is 2.33. The number of nitrogens with zero attached hydrogens (tertiary/aromatic N) is 1.